The maximum atomic E-state index is 14.1. The molecule has 4 amide bonds. The van der Waals surface area contributed by atoms with Crippen molar-refractivity contribution < 1.29 is 38.3 Å². The highest BCUT2D eigenvalue weighted by Crippen LogP contribution is 2.66. The average Bonchev–Trinajstić information content (AvgIpc) is 3.77. The number of alkyl carbamates (subject to hydrolysis) is 1. The molecule has 0 radical (unpaired) electrons. The van der Waals surface area contributed by atoms with Crippen LogP contribution in [-0.2, 0) is 28.4 Å². The summed E-state index contributed by atoms with van der Waals surface area (Å²) in [7, 11) is -0.506. The second-order valence-electron chi connectivity index (χ2n) is 16.1. The first kappa shape index (κ1) is 35.2. The number of hydrogen-bond donors (Lipinski definition) is 3. The molecule has 13 heteroatoms. The molecule has 7 aliphatic rings. The number of aliphatic hydroxyl groups is 1. The minimum absolute atomic E-state index is 0.0189. The van der Waals surface area contributed by atoms with Gasteiger partial charge in [-0.2, -0.15) is 0 Å². The van der Waals surface area contributed by atoms with Gasteiger partial charge in [0.1, 0.15) is 18.1 Å². The monoisotopic (exact) mass is 670 g/mol. The second kappa shape index (κ2) is 13.6. The first-order valence-electron chi connectivity index (χ1n) is 18.3. The molecule has 3 N–H and O–H groups in total. The molecular weight excluding hydrogens is 615 g/mol. The molecule has 7 fully saturated rings. The van der Waals surface area contributed by atoms with Crippen LogP contribution in [0.5, 0.6) is 0 Å². The molecule has 0 spiro atoms. The Hall–Kier alpha value is -2.64. The number of aliphatic hydroxyl groups excluding tert-OH is 1. The summed E-state index contributed by atoms with van der Waals surface area (Å²) in [4.78, 5) is 57.8. The predicted molar refractivity (Wildman–Crippen MR) is 178 cm³/mol. The molecule has 0 aromatic rings. The normalized spacial score (nSPS) is 35.3. The molecule has 2 bridgehead atoms. The van der Waals surface area contributed by atoms with E-state index in [0.717, 1.165) is 57.8 Å². The molecule has 0 aromatic carbocycles. The van der Waals surface area contributed by atoms with Crippen molar-refractivity contribution in [2.75, 3.05) is 13.1 Å². The number of nitrogens with zero attached hydrogens (tertiary/aromatic N) is 2. The maximum Gasteiger partial charge on any atom is 0.481 e. The fourth-order valence-corrected chi connectivity index (χ4v) is 9.87. The van der Waals surface area contributed by atoms with E-state index in [1.54, 1.807) is 6.92 Å². The molecule has 9 atom stereocenters. The van der Waals surface area contributed by atoms with Crippen LogP contribution in [0.2, 0.25) is 0 Å². The highest BCUT2D eigenvalue weighted by atomic mass is 16.7. The Bertz CT molecular complexity index is 1290. The van der Waals surface area contributed by atoms with Crippen molar-refractivity contribution in [3.63, 3.8) is 0 Å². The Kier molecular flexibility index (Phi) is 9.96. The van der Waals surface area contributed by atoms with Crippen LogP contribution < -0.4 is 10.6 Å². The summed E-state index contributed by atoms with van der Waals surface area (Å²) in [5.41, 5.74) is -0.154. The Labute approximate surface area is 285 Å². The Morgan fingerprint density at radius 1 is 1.00 bits per heavy atom. The van der Waals surface area contributed by atoms with E-state index >= 15 is 0 Å². The van der Waals surface area contributed by atoms with Crippen molar-refractivity contribution in [1.29, 1.82) is 0 Å². The molecule has 3 heterocycles. The smallest absolute Gasteiger partial charge is 0.416 e. The van der Waals surface area contributed by atoms with E-state index in [0.29, 0.717) is 24.8 Å². The number of carbonyl (C=O) groups is 4. The van der Waals surface area contributed by atoms with Gasteiger partial charge in [-0.15, -0.1) is 0 Å². The lowest BCUT2D eigenvalue weighted by Crippen LogP contribution is -2.65. The van der Waals surface area contributed by atoms with Gasteiger partial charge in [0.15, 0.2) is 0 Å². The van der Waals surface area contributed by atoms with Crippen molar-refractivity contribution in [2.45, 2.75) is 147 Å². The molecule has 3 saturated heterocycles. The van der Waals surface area contributed by atoms with Gasteiger partial charge >= 0.3 is 13.2 Å². The molecule has 0 aromatic heterocycles. The van der Waals surface area contributed by atoms with Gasteiger partial charge in [0.25, 0.3) is 0 Å². The Balaban J connectivity index is 1.12. The number of ether oxygens (including phenoxy) is 1. The summed E-state index contributed by atoms with van der Waals surface area (Å²) in [5.74, 6) is -0.215. The van der Waals surface area contributed by atoms with E-state index in [-0.39, 0.29) is 53.6 Å². The molecule has 9 unspecified atom stereocenters. The molecule has 4 aliphatic carbocycles. The molecule has 266 valence electrons. The fourth-order valence-electron chi connectivity index (χ4n) is 9.87. The van der Waals surface area contributed by atoms with Crippen LogP contribution >= 0.6 is 0 Å². The highest BCUT2D eigenvalue weighted by Gasteiger charge is 2.69. The van der Waals surface area contributed by atoms with Crippen LogP contribution in [0.15, 0.2) is 12.3 Å². The number of carbonyl (C=O) groups excluding carboxylic acids is 4. The number of nitrogens with one attached hydrogen (secondary N) is 2. The molecular formula is C35H55BN4O8. The van der Waals surface area contributed by atoms with Gasteiger partial charge in [-0.1, -0.05) is 46.6 Å². The van der Waals surface area contributed by atoms with Gasteiger partial charge < -0.3 is 39.6 Å². The van der Waals surface area contributed by atoms with Gasteiger partial charge in [-0.05, 0) is 82.0 Å². The molecule has 12 nitrogen and oxygen atoms in total. The van der Waals surface area contributed by atoms with E-state index in [9.17, 15) is 24.3 Å². The van der Waals surface area contributed by atoms with Gasteiger partial charge in [0.05, 0.1) is 29.5 Å². The topological polar surface area (TPSA) is 147 Å². The highest BCUT2D eigenvalue weighted by molar-refractivity contribution is 6.48. The Morgan fingerprint density at radius 2 is 1.73 bits per heavy atom. The van der Waals surface area contributed by atoms with Crippen molar-refractivity contribution in [2.24, 2.45) is 23.2 Å². The lowest BCUT2D eigenvalue weighted by molar-refractivity contribution is -0.199. The van der Waals surface area contributed by atoms with Gasteiger partial charge in [-0.3, -0.25) is 14.4 Å². The molecule has 3 aliphatic heterocycles. The third-order valence-electron chi connectivity index (χ3n) is 12.7. The van der Waals surface area contributed by atoms with Crippen LogP contribution in [0.3, 0.4) is 0 Å². The number of allylic oxidation sites excluding steroid dienone is 1. The van der Waals surface area contributed by atoms with Crippen molar-refractivity contribution in [3.8, 4) is 0 Å². The van der Waals surface area contributed by atoms with Gasteiger partial charge in [-0.25, -0.2) is 4.79 Å². The lowest BCUT2D eigenvalue weighted by atomic mass is 9.43. The van der Waals surface area contributed by atoms with E-state index in [1.807, 2.05) is 11.8 Å². The summed E-state index contributed by atoms with van der Waals surface area (Å²) in [6, 6.07) is -2.69. The number of hydrogen-bond acceptors (Lipinski definition) is 8. The minimum atomic E-state index is -0.979. The summed E-state index contributed by atoms with van der Waals surface area (Å²) >= 11 is 0. The largest absolute Gasteiger partial charge is 0.481 e. The number of likely N-dealkylation sites (tertiary alicyclic amines) is 2. The van der Waals surface area contributed by atoms with Crippen molar-refractivity contribution in [3.05, 3.63) is 12.3 Å². The van der Waals surface area contributed by atoms with E-state index < -0.39 is 49.3 Å². The fraction of sp³-hybridized carbons (Fsp3) is 0.829. The summed E-state index contributed by atoms with van der Waals surface area (Å²) in [6.07, 6.45) is 6.91. The van der Waals surface area contributed by atoms with Crippen LogP contribution in [0.1, 0.15) is 105 Å². The van der Waals surface area contributed by atoms with Crippen LogP contribution in [0, 0.1) is 23.2 Å². The van der Waals surface area contributed by atoms with Crippen molar-refractivity contribution in [1.82, 2.24) is 20.4 Å². The first-order chi connectivity index (χ1) is 22.7. The minimum Gasteiger partial charge on any atom is -0.416 e. The van der Waals surface area contributed by atoms with Crippen LogP contribution in [0.25, 0.3) is 0 Å². The molecule has 7 rings (SSSR count). The summed E-state index contributed by atoms with van der Waals surface area (Å²) < 4.78 is 18.4. The van der Waals surface area contributed by atoms with Crippen molar-refractivity contribution >= 4 is 30.9 Å². The van der Waals surface area contributed by atoms with Gasteiger partial charge in [0.2, 0.25) is 17.7 Å². The number of amides is 4. The second-order valence-corrected chi connectivity index (χ2v) is 16.1. The third-order valence-corrected chi connectivity index (χ3v) is 12.7. The summed E-state index contributed by atoms with van der Waals surface area (Å²) in [6.45, 7) is 14.4. The zero-order valence-corrected chi connectivity index (χ0v) is 29.4. The van der Waals surface area contributed by atoms with E-state index in [2.05, 4.69) is 38.0 Å². The van der Waals surface area contributed by atoms with Crippen LogP contribution in [-0.4, -0.2) is 101 Å². The summed E-state index contributed by atoms with van der Waals surface area (Å²) in [5, 5.41) is 16.3. The van der Waals surface area contributed by atoms with E-state index in [4.69, 9.17) is 14.0 Å². The standard InChI is InChI=1S/C35H55BN4O8/c1-7-24(31(43)39-15-11-14-28(39)36-47-27-17-22-16-26(34(22,4)5)35(27,6)48-36)37-30(42)25-18-23(41)19-40(25)32(44)29(21-12-9-8-10-13-21)38-33(45)46-20(2)3/h21-29,41H,2,7-19H2,1,3-6H3,(H,37,42)(H,38,45). The zero-order valence-electron chi connectivity index (χ0n) is 29.4. The number of β-amino-alcohol motifs (C(OH)–C–C–N with tert-alkyl or cyclic N) is 1. The predicted octanol–water partition coefficient (Wildman–Crippen LogP) is 3.31. The quantitative estimate of drug-likeness (QED) is 0.250. The first-order valence-corrected chi connectivity index (χ1v) is 18.3. The van der Waals surface area contributed by atoms with E-state index in [1.165, 1.54) is 4.90 Å². The maximum absolute atomic E-state index is 14.1. The molecule has 4 saturated carbocycles. The lowest BCUT2D eigenvalue weighted by Gasteiger charge is -2.64. The van der Waals surface area contributed by atoms with Gasteiger partial charge in [0, 0.05) is 19.5 Å². The SMILES string of the molecule is C=C(C)OC(=O)NC(C(=O)N1CC(O)CC1C(=O)NC(CC)C(=O)N1CCCC1B1OC2CC3CC(C3(C)C)C2(C)O1)C1CCCCC1. The average molecular weight is 671 g/mol. The zero-order chi connectivity index (χ0) is 34.5. The number of rotatable bonds is 9. The molecule has 48 heavy (non-hydrogen) atoms. The Morgan fingerprint density at radius 3 is 2.40 bits per heavy atom. The third kappa shape index (κ3) is 6.39. The van der Waals surface area contributed by atoms with Crippen LogP contribution in [0.4, 0.5) is 4.79 Å².